The van der Waals surface area contributed by atoms with E-state index in [4.69, 9.17) is 12.2 Å². The van der Waals surface area contributed by atoms with E-state index in [1.807, 2.05) is 66.7 Å². The topological polar surface area (TPSA) is 56.7 Å². The second-order valence-corrected chi connectivity index (χ2v) is 5.72. The summed E-state index contributed by atoms with van der Waals surface area (Å²) < 4.78 is 0. The first-order valence-electron chi connectivity index (χ1n) is 7.76. The molecule has 4 nitrogen and oxygen atoms in total. The molecule has 3 aromatic rings. The van der Waals surface area contributed by atoms with E-state index in [1.165, 1.54) is 0 Å². The molecule has 0 spiro atoms. The first-order valence-corrected chi connectivity index (χ1v) is 8.17. The number of phenols is 1. The number of phenolic OH excluding ortho intramolecular Hbond substituents is 1. The van der Waals surface area contributed by atoms with Crippen LogP contribution in [-0.2, 0) is 0 Å². The van der Waals surface area contributed by atoms with Crippen LogP contribution in [0.15, 0.2) is 83.9 Å². The summed E-state index contributed by atoms with van der Waals surface area (Å²) in [6, 6.07) is 24.4. The smallest absolute Gasteiger partial charge is 0.175 e. The van der Waals surface area contributed by atoms with E-state index in [-0.39, 0.29) is 5.75 Å². The van der Waals surface area contributed by atoms with E-state index in [0.717, 1.165) is 17.1 Å². The number of anilines is 2. The van der Waals surface area contributed by atoms with E-state index in [0.29, 0.717) is 10.7 Å². The Balaban J connectivity index is 1.60. The minimum absolute atomic E-state index is 0.210. The summed E-state index contributed by atoms with van der Waals surface area (Å²) in [7, 11) is 0. The van der Waals surface area contributed by atoms with Gasteiger partial charge in [-0.2, -0.15) is 0 Å². The first kappa shape index (κ1) is 16.7. The maximum Gasteiger partial charge on any atom is 0.175 e. The zero-order valence-electron chi connectivity index (χ0n) is 13.4. The van der Waals surface area contributed by atoms with E-state index in [2.05, 4.69) is 15.6 Å². The zero-order chi connectivity index (χ0) is 17.5. The molecular weight excluding hydrogens is 330 g/mol. The Hall–Kier alpha value is -3.18. The molecule has 0 radical (unpaired) electrons. The van der Waals surface area contributed by atoms with Gasteiger partial charge in [0.15, 0.2) is 5.11 Å². The second kappa shape index (κ2) is 8.08. The van der Waals surface area contributed by atoms with Gasteiger partial charge in [0.2, 0.25) is 0 Å². The summed E-state index contributed by atoms with van der Waals surface area (Å²) in [4.78, 5) is 4.36. The lowest BCUT2D eigenvalue weighted by Crippen LogP contribution is -2.18. The van der Waals surface area contributed by atoms with Crippen LogP contribution in [0, 0.1) is 0 Å². The highest BCUT2D eigenvalue weighted by Gasteiger charge is 1.99. The predicted octanol–water partition coefficient (Wildman–Crippen LogP) is 4.95. The Morgan fingerprint density at radius 3 is 2.08 bits per heavy atom. The molecule has 5 heteroatoms. The van der Waals surface area contributed by atoms with Crippen LogP contribution < -0.4 is 10.6 Å². The molecule has 0 aliphatic heterocycles. The standard InChI is InChI=1S/C20H17N3OS/c24-19-9-5-4-6-15(19)14-21-16-10-12-18(13-11-16)23-20(25)22-17-7-2-1-3-8-17/h1-14,24H,(H2,22,23,25). The van der Waals surface area contributed by atoms with Gasteiger partial charge >= 0.3 is 0 Å². The fraction of sp³-hybridized carbons (Fsp3) is 0. The molecule has 0 fully saturated rings. The largest absolute Gasteiger partial charge is 0.507 e. The third-order valence-electron chi connectivity index (χ3n) is 3.45. The van der Waals surface area contributed by atoms with Crippen LogP contribution in [0.1, 0.15) is 5.56 Å². The minimum atomic E-state index is 0.210. The average molecular weight is 347 g/mol. The molecule has 25 heavy (non-hydrogen) atoms. The molecule has 3 rings (SSSR count). The van der Waals surface area contributed by atoms with Crippen molar-refractivity contribution < 1.29 is 5.11 Å². The lowest BCUT2D eigenvalue weighted by atomic mass is 10.2. The molecule has 0 unspecified atom stereocenters. The van der Waals surface area contributed by atoms with Gasteiger partial charge in [0.1, 0.15) is 5.75 Å². The van der Waals surface area contributed by atoms with Crippen LogP contribution >= 0.6 is 12.2 Å². The molecule has 0 aliphatic carbocycles. The lowest BCUT2D eigenvalue weighted by Gasteiger charge is -2.10. The van der Waals surface area contributed by atoms with Crippen molar-refractivity contribution in [1.29, 1.82) is 0 Å². The Morgan fingerprint density at radius 2 is 1.40 bits per heavy atom. The number of nitrogens with zero attached hydrogens (tertiary/aromatic N) is 1. The normalized spacial score (nSPS) is 10.6. The van der Waals surface area contributed by atoms with Crippen molar-refractivity contribution >= 4 is 40.6 Å². The second-order valence-electron chi connectivity index (χ2n) is 5.31. The quantitative estimate of drug-likeness (QED) is 0.462. The molecule has 0 aliphatic rings. The highest BCUT2D eigenvalue weighted by Crippen LogP contribution is 2.19. The van der Waals surface area contributed by atoms with Crippen LogP contribution in [0.4, 0.5) is 17.1 Å². The number of benzene rings is 3. The average Bonchev–Trinajstić information content (AvgIpc) is 2.63. The van der Waals surface area contributed by atoms with Gasteiger partial charge in [0, 0.05) is 23.2 Å². The Labute approximate surface area is 151 Å². The number of rotatable bonds is 4. The number of para-hydroxylation sites is 2. The third kappa shape index (κ3) is 4.89. The van der Waals surface area contributed by atoms with Gasteiger partial charge in [-0.3, -0.25) is 4.99 Å². The number of hydrogen-bond acceptors (Lipinski definition) is 3. The highest BCUT2D eigenvalue weighted by atomic mass is 32.1. The summed E-state index contributed by atoms with van der Waals surface area (Å²) in [5.74, 6) is 0.210. The lowest BCUT2D eigenvalue weighted by molar-refractivity contribution is 0.474. The molecule has 124 valence electrons. The van der Waals surface area contributed by atoms with Crippen LogP contribution in [0.3, 0.4) is 0 Å². The molecule has 0 amide bonds. The van der Waals surface area contributed by atoms with Crippen molar-refractivity contribution in [3.8, 4) is 5.75 Å². The third-order valence-corrected chi connectivity index (χ3v) is 3.65. The van der Waals surface area contributed by atoms with Crippen molar-refractivity contribution in [1.82, 2.24) is 0 Å². The maximum absolute atomic E-state index is 9.73. The summed E-state index contributed by atoms with van der Waals surface area (Å²) in [5.41, 5.74) is 3.27. The van der Waals surface area contributed by atoms with Crippen molar-refractivity contribution in [2.45, 2.75) is 0 Å². The van der Waals surface area contributed by atoms with Crippen LogP contribution in [0.5, 0.6) is 5.75 Å². The Kier molecular flexibility index (Phi) is 5.39. The van der Waals surface area contributed by atoms with Crippen LogP contribution in [0.25, 0.3) is 0 Å². The van der Waals surface area contributed by atoms with Gasteiger partial charge in [-0.1, -0.05) is 30.3 Å². The molecule has 3 aromatic carbocycles. The van der Waals surface area contributed by atoms with Gasteiger partial charge in [-0.25, -0.2) is 0 Å². The molecular formula is C20H17N3OS. The number of nitrogens with one attached hydrogen (secondary N) is 2. The van der Waals surface area contributed by atoms with E-state index in [1.54, 1.807) is 18.3 Å². The molecule has 0 heterocycles. The summed E-state index contributed by atoms with van der Waals surface area (Å²) in [6.07, 6.45) is 1.64. The Morgan fingerprint density at radius 1 is 0.800 bits per heavy atom. The number of thiocarbonyl (C=S) groups is 1. The SMILES string of the molecule is Oc1ccccc1C=Nc1ccc(NC(=S)Nc2ccccc2)cc1. The van der Waals surface area contributed by atoms with Gasteiger partial charge in [0.05, 0.1) is 5.69 Å². The molecule has 0 atom stereocenters. The summed E-state index contributed by atoms with van der Waals surface area (Å²) in [6.45, 7) is 0. The number of aromatic hydroxyl groups is 1. The molecule has 0 bridgehead atoms. The molecule has 0 aromatic heterocycles. The van der Waals surface area contributed by atoms with Crippen molar-refractivity contribution in [3.63, 3.8) is 0 Å². The minimum Gasteiger partial charge on any atom is -0.507 e. The van der Waals surface area contributed by atoms with Crippen molar-refractivity contribution in [2.75, 3.05) is 10.6 Å². The number of hydrogen-bond donors (Lipinski definition) is 3. The number of aliphatic imine (C=N–C) groups is 1. The monoisotopic (exact) mass is 347 g/mol. The van der Waals surface area contributed by atoms with Crippen molar-refractivity contribution in [2.24, 2.45) is 4.99 Å². The van der Waals surface area contributed by atoms with E-state index >= 15 is 0 Å². The van der Waals surface area contributed by atoms with Gasteiger partial charge in [-0.05, 0) is 60.7 Å². The summed E-state index contributed by atoms with van der Waals surface area (Å²) in [5, 5.41) is 16.5. The van der Waals surface area contributed by atoms with Crippen LogP contribution in [0.2, 0.25) is 0 Å². The van der Waals surface area contributed by atoms with Gasteiger partial charge in [-0.15, -0.1) is 0 Å². The van der Waals surface area contributed by atoms with Crippen LogP contribution in [-0.4, -0.2) is 16.4 Å². The fourth-order valence-corrected chi connectivity index (χ4v) is 2.42. The fourth-order valence-electron chi connectivity index (χ4n) is 2.19. The van der Waals surface area contributed by atoms with Gasteiger partial charge in [0.25, 0.3) is 0 Å². The predicted molar refractivity (Wildman–Crippen MR) is 108 cm³/mol. The molecule has 0 saturated heterocycles. The summed E-state index contributed by atoms with van der Waals surface area (Å²) >= 11 is 5.30. The maximum atomic E-state index is 9.73. The highest BCUT2D eigenvalue weighted by molar-refractivity contribution is 7.80. The zero-order valence-corrected chi connectivity index (χ0v) is 14.2. The van der Waals surface area contributed by atoms with Crippen molar-refractivity contribution in [3.05, 3.63) is 84.4 Å². The Bertz CT molecular complexity index is 877. The molecule has 0 saturated carbocycles. The van der Waals surface area contributed by atoms with Gasteiger partial charge < -0.3 is 15.7 Å². The molecule has 3 N–H and O–H groups in total. The first-order chi connectivity index (χ1) is 12.2. The van der Waals surface area contributed by atoms with E-state index in [9.17, 15) is 5.11 Å². The van der Waals surface area contributed by atoms with E-state index < -0.39 is 0 Å².